The molecule has 0 radical (unpaired) electrons. The Morgan fingerprint density at radius 3 is 2.60 bits per heavy atom. The lowest BCUT2D eigenvalue weighted by molar-refractivity contribution is 0.293. The number of phenols is 1. The number of rotatable bonds is 7. The van der Waals surface area contributed by atoms with Crippen molar-refractivity contribution in [3.8, 4) is 11.5 Å². The second-order valence-corrected chi connectivity index (χ2v) is 6.27. The van der Waals surface area contributed by atoms with Gasteiger partial charge < -0.3 is 9.84 Å². The van der Waals surface area contributed by atoms with Gasteiger partial charge in [-0.15, -0.1) is 0 Å². The first kappa shape index (κ1) is 17.2. The van der Waals surface area contributed by atoms with E-state index in [4.69, 9.17) is 14.7 Å². The van der Waals surface area contributed by atoms with Crippen LogP contribution in [0.4, 0.5) is 0 Å². The number of aryl methyl sites for hydroxylation is 1. The first-order valence-corrected chi connectivity index (χ1v) is 8.85. The number of fused-ring (bicyclic) bond motifs is 1. The molecule has 1 aromatic heterocycles. The van der Waals surface area contributed by atoms with Crippen molar-refractivity contribution in [3.05, 3.63) is 60.0 Å². The Kier molecular flexibility index (Phi) is 5.49. The summed E-state index contributed by atoms with van der Waals surface area (Å²) in [6, 6.07) is 15.2. The smallest absolute Gasteiger partial charge is 0.160 e. The van der Waals surface area contributed by atoms with Gasteiger partial charge in [-0.3, -0.25) is 0 Å². The van der Waals surface area contributed by atoms with E-state index in [1.807, 2.05) is 24.3 Å². The van der Waals surface area contributed by atoms with Gasteiger partial charge in [0.1, 0.15) is 5.82 Å². The van der Waals surface area contributed by atoms with Crippen molar-refractivity contribution < 1.29 is 9.84 Å². The lowest BCUT2D eigenvalue weighted by Crippen LogP contribution is -2.06. The number of para-hydroxylation sites is 3. The zero-order valence-corrected chi connectivity index (χ0v) is 14.8. The number of hydrogen-bond donors (Lipinski definition) is 1. The Bertz CT molecular complexity index is 848. The fraction of sp³-hybridized carbons (Fsp3) is 0.333. The SMILES string of the molecule is CCC(C)c1nc(CCCOc2ccccc2O)nc2ccccc12. The van der Waals surface area contributed by atoms with E-state index in [2.05, 4.69) is 19.9 Å². The molecule has 1 atom stereocenters. The molecule has 0 spiro atoms. The molecule has 4 heteroatoms. The molecule has 1 unspecified atom stereocenters. The van der Waals surface area contributed by atoms with E-state index in [1.165, 1.54) is 0 Å². The summed E-state index contributed by atoms with van der Waals surface area (Å²) in [6.07, 6.45) is 2.60. The quantitative estimate of drug-likeness (QED) is 0.626. The van der Waals surface area contributed by atoms with E-state index < -0.39 is 0 Å². The number of hydrogen-bond acceptors (Lipinski definition) is 4. The first-order chi connectivity index (χ1) is 12.2. The van der Waals surface area contributed by atoms with Crippen LogP contribution in [0.3, 0.4) is 0 Å². The molecule has 0 fully saturated rings. The fourth-order valence-electron chi connectivity index (χ4n) is 2.82. The zero-order valence-electron chi connectivity index (χ0n) is 14.8. The van der Waals surface area contributed by atoms with Crippen molar-refractivity contribution in [1.82, 2.24) is 9.97 Å². The molecule has 0 amide bonds. The van der Waals surface area contributed by atoms with Crippen LogP contribution in [-0.4, -0.2) is 21.7 Å². The maximum Gasteiger partial charge on any atom is 0.160 e. The van der Waals surface area contributed by atoms with E-state index in [0.717, 1.165) is 41.7 Å². The monoisotopic (exact) mass is 336 g/mol. The highest BCUT2D eigenvalue weighted by atomic mass is 16.5. The van der Waals surface area contributed by atoms with Gasteiger partial charge >= 0.3 is 0 Å². The summed E-state index contributed by atoms with van der Waals surface area (Å²) >= 11 is 0. The van der Waals surface area contributed by atoms with Gasteiger partial charge in [0.15, 0.2) is 11.5 Å². The van der Waals surface area contributed by atoms with Gasteiger partial charge in [0.25, 0.3) is 0 Å². The van der Waals surface area contributed by atoms with Crippen LogP contribution < -0.4 is 4.74 Å². The summed E-state index contributed by atoms with van der Waals surface area (Å²) < 4.78 is 5.64. The van der Waals surface area contributed by atoms with Crippen molar-refractivity contribution in [2.45, 2.75) is 39.0 Å². The van der Waals surface area contributed by atoms with E-state index >= 15 is 0 Å². The molecule has 0 aliphatic rings. The van der Waals surface area contributed by atoms with Crippen LogP contribution in [0.2, 0.25) is 0 Å². The standard InChI is InChI=1S/C21H24N2O2/c1-3-15(2)21-16-9-4-5-10-17(16)22-20(23-21)13-8-14-25-19-12-7-6-11-18(19)24/h4-7,9-12,15,24H,3,8,13-14H2,1-2H3. The highest BCUT2D eigenvalue weighted by Gasteiger charge is 2.12. The number of phenolic OH excluding ortho intramolecular Hbond substituents is 1. The fourth-order valence-corrected chi connectivity index (χ4v) is 2.82. The van der Waals surface area contributed by atoms with Crippen LogP contribution >= 0.6 is 0 Å². The molecular formula is C21H24N2O2. The largest absolute Gasteiger partial charge is 0.504 e. The predicted octanol–water partition coefficient (Wildman–Crippen LogP) is 4.86. The Balaban J connectivity index is 1.70. The van der Waals surface area contributed by atoms with Crippen LogP contribution in [0.1, 0.15) is 44.1 Å². The van der Waals surface area contributed by atoms with Gasteiger partial charge in [0.05, 0.1) is 17.8 Å². The van der Waals surface area contributed by atoms with Gasteiger partial charge in [0.2, 0.25) is 0 Å². The van der Waals surface area contributed by atoms with E-state index in [1.54, 1.807) is 18.2 Å². The lowest BCUT2D eigenvalue weighted by Gasteiger charge is -2.13. The topological polar surface area (TPSA) is 55.2 Å². The zero-order chi connectivity index (χ0) is 17.6. The average molecular weight is 336 g/mol. The molecule has 0 bridgehead atoms. The van der Waals surface area contributed by atoms with Crippen molar-refractivity contribution in [1.29, 1.82) is 0 Å². The van der Waals surface area contributed by atoms with Gasteiger partial charge in [-0.05, 0) is 37.0 Å². The molecule has 4 nitrogen and oxygen atoms in total. The Morgan fingerprint density at radius 2 is 1.80 bits per heavy atom. The minimum absolute atomic E-state index is 0.170. The molecule has 0 aliphatic carbocycles. The molecule has 1 heterocycles. The van der Waals surface area contributed by atoms with Crippen LogP contribution in [0.5, 0.6) is 11.5 Å². The molecule has 0 saturated carbocycles. The van der Waals surface area contributed by atoms with Crippen LogP contribution in [0.15, 0.2) is 48.5 Å². The van der Waals surface area contributed by atoms with Crippen molar-refractivity contribution >= 4 is 10.9 Å². The molecule has 1 N–H and O–H groups in total. The van der Waals surface area contributed by atoms with Crippen molar-refractivity contribution in [3.63, 3.8) is 0 Å². The molecule has 3 rings (SSSR count). The molecule has 25 heavy (non-hydrogen) atoms. The minimum atomic E-state index is 0.170. The Labute approximate surface area is 148 Å². The third kappa shape index (κ3) is 4.08. The molecule has 0 aliphatic heterocycles. The second-order valence-electron chi connectivity index (χ2n) is 6.27. The number of aromatic hydroxyl groups is 1. The normalized spacial score (nSPS) is 12.2. The van der Waals surface area contributed by atoms with Crippen molar-refractivity contribution in [2.24, 2.45) is 0 Å². The summed E-state index contributed by atoms with van der Waals surface area (Å²) in [4.78, 5) is 9.52. The second kappa shape index (κ2) is 7.97. The molecule has 0 saturated heterocycles. The highest BCUT2D eigenvalue weighted by Crippen LogP contribution is 2.26. The van der Waals surface area contributed by atoms with E-state index in [9.17, 15) is 5.11 Å². The van der Waals surface area contributed by atoms with Gasteiger partial charge in [-0.2, -0.15) is 0 Å². The van der Waals surface area contributed by atoms with Crippen LogP contribution in [0.25, 0.3) is 10.9 Å². The van der Waals surface area contributed by atoms with Gasteiger partial charge in [-0.1, -0.05) is 44.2 Å². The van der Waals surface area contributed by atoms with E-state index in [0.29, 0.717) is 18.3 Å². The lowest BCUT2D eigenvalue weighted by atomic mass is 10.00. The maximum atomic E-state index is 9.72. The van der Waals surface area contributed by atoms with E-state index in [-0.39, 0.29) is 5.75 Å². The molecule has 130 valence electrons. The van der Waals surface area contributed by atoms with Gasteiger partial charge in [0, 0.05) is 11.8 Å². The first-order valence-electron chi connectivity index (χ1n) is 8.85. The van der Waals surface area contributed by atoms with Crippen molar-refractivity contribution in [2.75, 3.05) is 6.61 Å². The predicted molar refractivity (Wildman–Crippen MR) is 100 cm³/mol. The van der Waals surface area contributed by atoms with Gasteiger partial charge in [-0.25, -0.2) is 9.97 Å². The molecular weight excluding hydrogens is 312 g/mol. The van der Waals surface area contributed by atoms with Crippen LogP contribution in [0, 0.1) is 0 Å². The molecule has 3 aromatic rings. The Morgan fingerprint density at radius 1 is 1.04 bits per heavy atom. The summed E-state index contributed by atoms with van der Waals surface area (Å²) in [7, 11) is 0. The summed E-state index contributed by atoms with van der Waals surface area (Å²) in [6.45, 7) is 4.91. The Hall–Kier alpha value is -2.62. The third-order valence-corrected chi connectivity index (χ3v) is 4.43. The number of nitrogens with zero attached hydrogens (tertiary/aromatic N) is 2. The third-order valence-electron chi connectivity index (χ3n) is 4.43. The maximum absolute atomic E-state index is 9.72. The number of benzene rings is 2. The number of aromatic nitrogens is 2. The highest BCUT2D eigenvalue weighted by molar-refractivity contribution is 5.81. The molecule has 2 aromatic carbocycles. The summed E-state index contributed by atoms with van der Waals surface area (Å²) in [5.41, 5.74) is 2.13. The summed E-state index contributed by atoms with van der Waals surface area (Å²) in [5, 5.41) is 10.9. The van der Waals surface area contributed by atoms with Crippen LogP contribution in [-0.2, 0) is 6.42 Å². The average Bonchev–Trinajstić information content (AvgIpc) is 2.65. The summed E-state index contributed by atoms with van der Waals surface area (Å²) in [5.74, 6) is 1.95. The number of ether oxygens (including phenoxy) is 1. The minimum Gasteiger partial charge on any atom is -0.504 e.